The smallest absolute Gasteiger partial charge is 0.329 e. The van der Waals surface area contributed by atoms with Crippen molar-refractivity contribution >= 4 is 41.4 Å². The molecule has 7 aliphatic rings. The van der Waals surface area contributed by atoms with Crippen molar-refractivity contribution in [2.45, 2.75) is 193 Å². The quantitative estimate of drug-likeness (QED) is 0.0204. The summed E-state index contributed by atoms with van der Waals surface area (Å²) in [6.07, 6.45) is 11.4. The molecule has 6 atom stereocenters. The van der Waals surface area contributed by atoms with E-state index in [1.807, 2.05) is 247 Å². The van der Waals surface area contributed by atoms with E-state index in [2.05, 4.69) is 31.9 Å². The molecule has 7 aromatic carbocycles. The Morgan fingerprint density at radius 1 is 0.355 bits per heavy atom. The van der Waals surface area contributed by atoms with Crippen LogP contribution < -0.4 is 67.9 Å². The first-order valence-corrected chi connectivity index (χ1v) is 50.7. The van der Waals surface area contributed by atoms with Crippen molar-refractivity contribution in [3.05, 3.63) is 259 Å². The molecular formula is C109H138N16O16. The summed E-state index contributed by atoms with van der Waals surface area (Å²) in [6.45, 7) is 21.1. The number of carbonyl (C=O) groups is 7. The minimum Gasteiger partial charge on any atom is -0.491 e. The first kappa shape index (κ1) is 102. The molecule has 0 radical (unpaired) electrons. The third-order valence-corrected chi connectivity index (χ3v) is 27.3. The first-order valence-electron chi connectivity index (χ1n) is 50.7. The van der Waals surface area contributed by atoms with Gasteiger partial charge in [0.05, 0.1) is 80.8 Å². The number of hydrogen-bond donors (Lipinski definition) is 6. The number of para-hydroxylation sites is 1. The molecular weight excluding hydrogens is 1790 g/mol. The molecule has 32 nitrogen and oxygen atoms in total. The van der Waals surface area contributed by atoms with Crippen LogP contribution in [0.15, 0.2) is 209 Å². The molecule has 7 heterocycles. The van der Waals surface area contributed by atoms with Gasteiger partial charge in [0, 0.05) is 146 Å². The topological polar surface area (TPSA) is 341 Å². The van der Waals surface area contributed by atoms with Gasteiger partial charge in [-0.15, -0.1) is 0 Å². The fourth-order valence-electron chi connectivity index (χ4n) is 20.1. The summed E-state index contributed by atoms with van der Waals surface area (Å²) in [5.74, 6) is 1.88. The highest BCUT2D eigenvalue weighted by Crippen LogP contribution is 2.40. The molecule has 17 rings (SSSR count). The van der Waals surface area contributed by atoms with Gasteiger partial charge in [-0.3, -0.25) is 61.0 Å². The van der Waals surface area contributed by atoms with Gasteiger partial charge in [0.25, 0.3) is 23.6 Å². The fraction of sp³-hybridized carbons (Fsp3) is 0.468. The molecule has 3 saturated carbocycles. The van der Waals surface area contributed by atoms with Crippen LogP contribution in [0, 0.1) is 0 Å². The molecule has 4 aliphatic heterocycles. The summed E-state index contributed by atoms with van der Waals surface area (Å²) in [6, 6.07) is 59.8. The summed E-state index contributed by atoms with van der Waals surface area (Å²) < 4.78 is 44.9. The summed E-state index contributed by atoms with van der Waals surface area (Å²) in [4.78, 5) is 146. The Labute approximate surface area is 824 Å². The van der Waals surface area contributed by atoms with Gasteiger partial charge in [0.1, 0.15) is 59.9 Å². The minimum absolute atomic E-state index is 0.0339. The number of nitrogens with one attached hydrogen (secondary N) is 6. The number of hydrogen-bond acceptors (Lipinski definition) is 19. The van der Waals surface area contributed by atoms with Crippen LogP contribution in [0.1, 0.15) is 197 Å². The van der Waals surface area contributed by atoms with Gasteiger partial charge in [0.2, 0.25) is 17.7 Å². The molecule has 3 aliphatic carbocycles. The zero-order chi connectivity index (χ0) is 98.5. The molecule has 6 N–H and O–H groups in total. The second-order valence-corrected chi connectivity index (χ2v) is 37.2. The van der Waals surface area contributed by atoms with Gasteiger partial charge >= 0.3 is 17.1 Å². The number of nitrogens with zero attached hydrogens (tertiary/aromatic N) is 10. The van der Waals surface area contributed by atoms with E-state index in [-0.39, 0.29) is 127 Å². The van der Waals surface area contributed by atoms with Crippen LogP contribution in [0.5, 0.6) is 23.0 Å². The Hall–Kier alpha value is -13.1. The highest BCUT2D eigenvalue weighted by atomic mass is 16.5. The third kappa shape index (κ3) is 26.2. The Bertz CT molecular complexity index is 6010. The van der Waals surface area contributed by atoms with Crippen LogP contribution in [0.2, 0.25) is 0 Å². The zero-order valence-corrected chi connectivity index (χ0v) is 82.1. The lowest BCUT2D eigenvalue weighted by atomic mass is 9.89. The number of piperazine rings is 3. The van der Waals surface area contributed by atoms with E-state index >= 15 is 0 Å². The van der Waals surface area contributed by atoms with Crippen molar-refractivity contribution in [3.63, 3.8) is 0 Å². The van der Waals surface area contributed by atoms with E-state index in [0.29, 0.717) is 208 Å². The lowest BCUT2D eigenvalue weighted by Gasteiger charge is -2.34. The second-order valence-electron chi connectivity index (χ2n) is 37.2. The Morgan fingerprint density at radius 2 is 0.652 bits per heavy atom. The van der Waals surface area contributed by atoms with Crippen LogP contribution in [0.3, 0.4) is 0 Å². The van der Waals surface area contributed by atoms with Gasteiger partial charge < -0.3 is 79.9 Å². The highest BCUT2D eigenvalue weighted by molar-refractivity contribution is 6.01. The monoisotopic (exact) mass is 1930 g/mol. The molecule has 0 spiro atoms. The number of carbonyl (C=O) groups excluding carboxylic acids is 7. The van der Waals surface area contributed by atoms with Crippen molar-refractivity contribution in [2.24, 2.45) is 0 Å². The van der Waals surface area contributed by atoms with Crippen LogP contribution in [0.25, 0.3) is 33.8 Å². The lowest BCUT2D eigenvalue weighted by Crippen LogP contribution is -2.47. The minimum atomic E-state index is -0.311. The molecule has 3 unspecified atom stereocenters. The zero-order valence-electron chi connectivity index (χ0n) is 82.1. The maximum Gasteiger partial charge on any atom is 0.329 e. The van der Waals surface area contributed by atoms with Gasteiger partial charge in [-0.25, -0.2) is 14.4 Å². The number of imidazole rings is 3. The Kier molecular flexibility index (Phi) is 36.9. The Morgan fingerprint density at radius 3 is 0.979 bits per heavy atom. The van der Waals surface area contributed by atoms with Gasteiger partial charge in [-0.2, -0.15) is 0 Å². The van der Waals surface area contributed by atoms with Gasteiger partial charge in [0.15, 0.2) is 6.61 Å². The van der Waals surface area contributed by atoms with Crippen molar-refractivity contribution in [3.8, 4) is 56.8 Å². The molecule has 32 heteroatoms. The van der Waals surface area contributed by atoms with Crippen molar-refractivity contribution in [1.29, 1.82) is 0 Å². The van der Waals surface area contributed by atoms with E-state index in [9.17, 15) is 47.9 Å². The predicted molar refractivity (Wildman–Crippen MR) is 541 cm³/mol. The first-order chi connectivity index (χ1) is 68.8. The van der Waals surface area contributed by atoms with Crippen molar-refractivity contribution in [1.82, 2.24) is 78.9 Å². The average molecular weight is 1930 g/mol. The van der Waals surface area contributed by atoms with E-state index in [4.69, 9.17) is 28.4 Å². The molecule has 7 amide bonds. The SMILES string of the molecule is CCC(=O)N[C@H]1CCCCC1n1c(-c2ccccc2)c(C(=O)N2CCNCC2)n(Cc2cccc(OCC(=O)N3CCOCC3)c2)c1=O.CCC(=O)N[C@H]1CCCCC1n1c(-c2ccccc2)c(C(=O)N2CCNCC2)n(Cc2cccc(OCCOC(C)C)c2)c1=O.CCC(=O)N[C@H]1CCCCC1n1c(-c2ccccc2)c(C(=O)N2CCNCC2)n(Cc2cccc(OCCOc3ccccc3)c2)c1=O. The van der Waals surface area contributed by atoms with E-state index in [0.717, 1.165) is 110 Å². The van der Waals surface area contributed by atoms with E-state index in [1.165, 1.54) is 0 Å². The summed E-state index contributed by atoms with van der Waals surface area (Å²) >= 11 is 0. The maximum atomic E-state index is 14.8. The summed E-state index contributed by atoms with van der Waals surface area (Å²) in [7, 11) is 0. The van der Waals surface area contributed by atoms with Crippen LogP contribution in [0.4, 0.5) is 0 Å². The molecule has 7 fully saturated rings. The third-order valence-electron chi connectivity index (χ3n) is 27.3. The van der Waals surface area contributed by atoms with E-state index < -0.39 is 0 Å². The normalized spacial score (nSPS) is 18.8. The number of amides is 7. The largest absolute Gasteiger partial charge is 0.491 e. The maximum absolute atomic E-state index is 14.8. The molecule has 0 bridgehead atoms. The second kappa shape index (κ2) is 50.8. The van der Waals surface area contributed by atoms with Crippen molar-refractivity contribution < 1.29 is 62.0 Å². The highest BCUT2D eigenvalue weighted by Gasteiger charge is 2.42. The number of aromatic nitrogens is 6. The molecule has 750 valence electrons. The van der Waals surface area contributed by atoms with Crippen LogP contribution in [-0.2, 0) is 48.3 Å². The molecule has 3 aromatic heterocycles. The standard InChI is InChI=1S/C38H45N5O5.C36H46N6O6.C35H47N5O5/c1-2-34(44)40-32-18-9-10-19-33(32)43-35(29-13-5-3-6-14-29)36(37(45)41-22-20-39-21-23-41)42(38(43)46)27-28-12-11-17-31(26-28)48-25-24-47-30-15-7-4-8-16-30;1-2-31(43)38-29-13-6-7-14-30(29)42-33(27-10-4-3-5-11-27)34(35(45)40-17-15-37-16-18-40)41(36(42)46)24-26-9-8-12-28(23-26)48-25-32(44)39-19-21-47-22-20-39;1-4-31(41)37-29-15-8-9-16-30(29)40-32(27-12-6-5-7-13-27)33(34(42)38-19-17-36-18-20-38)39(35(40)43)24-26-11-10-14-28(23-26)45-22-21-44-25(2)3/h3-8,11-17,26,32-33,39H,2,9-10,18-25,27H2,1H3,(H,40,44);3-5,8-12,23,29-30,37H,2,6-7,13-22,24-25H2,1H3,(H,38,43);5-7,10-14,23,25,29-30,36H,4,8-9,15-22,24H2,1-3H3,(H,37,41)/t32-,33?;2*29-,30?/m000/s1. The molecule has 4 saturated heterocycles. The van der Waals surface area contributed by atoms with Gasteiger partial charge in [-0.05, 0) is 118 Å². The summed E-state index contributed by atoms with van der Waals surface area (Å²) in [5.41, 5.74) is 6.95. The Balaban J connectivity index is 0.000000160. The van der Waals surface area contributed by atoms with Crippen molar-refractivity contribution in [2.75, 3.05) is 138 Å². The van der Waals surface area contributed by atoms with Crippen LogP contribution >= 0.6 is 0 Å². The van der Waals surface area contributed by atoms with Crippen LogP contribution in [-0.4, -0.2) is 250 Å². The van der Waals surface area contributed by atoms with E-state index in [1.54, 1.807) is 29.2 Å². The predicted octanol–water partition coefficient (Wildman–Crippen LogP) is 11.8. The lowest BCUT2D eigenvalue weighted by molar-refractivity contribution is -0.137. The van der Waals surface area contributed by atoms with Gasteiger partial charge in [-0.1, -0.05) is 205 Å². The molecule has 141 heavy (non-hydrogen) atoms. The number of benzene rings is 7. The molecule has 10 aromatic rings. The number of ether oxygens (including phenoxy) is 6. The summed E-state index contributed by atoms with van der Waals surface area (Å²) in [5, 5.41) is 19.5. The number of rotatable bonds is 34. The fourth-order valence-corrected chi connectivity index (χ4v) is 20.1. The number of morpholine rings is 1. The average Bonchev–Trinajstić information content (AvgIpc) is 1.60.